The molecule has 0 heterocycles. The molecule has 0 saturated heterocycles. The van der Waals surface area contributed by atoms with Gasteiger partial charge in [0.2, 0.25) is 0 Å². The molecule has 0 spiro atoms. The van der Waals surface area contributed by atoms with E-state index >= 15 is 0 Å². The lowest BCUT2D eigenvalue weighted by Gasteiger charge is -2.25. The topological polar surface area (TPSA) is 18.5 Å². The molecule has 1 aromatic rings. The summed E-state index contributed by atoms with van der Waals surface area (Å²) in [5.41, 5.74) is 0.185. The summed E-state index contributed by atoms with van der Waals surface area (Å²) in [4.78, 5) is 0. The molecular formula is C13H19F3O2Si. The molecule has 0 saturated carbocycles. The number of benzene rings is 1. The molecule has 0 fully saturated rings. The van der Waals surface area contributed by atoms with E-state index in [9.17, 15) is 13.2 Å². The second-order valence-electron chi connectivity index (χ2n) is 4.38. The maximum Gasteiger partial charge on any atom is 0.337 e. The summed E-state index contributed by atoms with van der Waals surface area (Å²) in [7, 11) is 1.01. The normalized spacial score (nSPS) is 11.9. The molecule has 0 aliphatic rings. The van der Waals surface area contributed by atoms with Gasteiger partial charge < -0.3 is 8.85 Å². The Labute approximate surface area is 112 Å². The van der Waals surface area contributed by atoms with E-state index in [4.69, 9.17) is 8.85 Å². The first-order chi connectivity index (χ1) is 8.98. The molecule has 108 valence electrons. The molecule has 0 bridgehead atoms. The SMILES string of the molecule is CC[Si](CCCc1cc(F)c(F)cc1F)(OC)OC. The van der Waals surface area contributed by atoms with Crippen LogP contribution in [0.5, 0.6) is 0 Å². The standard InChI is InChI=1S/C13H19F3O2Si/c1-4-19(17-2,18-3)7-5-6-10-8-12(15)13(16)9-11(10)14/h8-9H,4-7H2,1-3H3. The molecule has 0 unspecified atom stereocenters. The molecule has 0 atom stereocenters. The van der Waals surface area contributed by atoms with E-state index in [1.165, 1.54) is 0 Å². The third kappa shape index (κ3) is 4.06. The van der Waals surface area contributed by atoms with Crippen LogP contribution in [-0.4, -0.2) is 22.8 Å². The van der Waals surface area contributed by atoms with Gasteiger partial charge in [0.25, 0.3) is 0 Å². The second kappa shape index (κ2) is 7.07. The van der Waals surface area contributed by atoms with Gasteiger partial charge in [0.1, 0.15) is 5.82 Å². The molecule has 6 heteroatoms. The van der Waals surface area contributed by atoms with Crippen LogP contribution in [0.1, 0.15) is 18.9 Å². The van der Waals surface area contributed by atoms with E-state index in [0.717, 1.165) is 12.1 Å². The van der Waals surface area contributed by atoms with Gasteiger partial charge in [0.15, 0.2) is 11.6 Å². The largest absolute Gasteiger partial charge is 0.398 e. The molecule has 0 amide bonds. The fourth-order valence-electron chi connectivity index (χ4n) is 2.06. The van der Waals surface area contributed by atoms with Gasteiger partial charge in [-0.05, 0) is 36.6 Å². The van der Waals surface area contributed by atoms with E-state index in [1.807, 2.05) is 6.92 Å². The van der Waals surface area contributed by atoms with Crippen LogP contribution < -0.4 is 0 Å². The van der Waals surface area contributed by atoms with Gasteiger partial charge in [-0.2, -0.15) is 0 Å². The average molecular weight is 292 g/mol. The Morgan fingerprint density at radius 2 is 1.58 bits per heavy atom. The lowest BCUT2D eigenvalue weighted by atomic mass is 10.1. The fraction of sp³-hybridized carbons (Fsp3) is 0.538. The lowest BCUT2D eigenvalue weighted by Crippen LogP contribution is -2.39. The predicted molar refractivity (Wildman–Crippen MR) is 69.7 cm³/mol. The Hall–Kier alpha value is -0.853. The van der Waals surface area contributed by atoms with Crippen LogP contribution in [0.4, 0.5) is 13.2 Å². The minimum atomic E-state index is -2.20. The summed E-state index contributed by atoms with van der Waals surface area (Å²) in [6.45, 7) is 1.98. The van der Waals surface area contributed by atoms with E-state index in [1.54, 1.807) is 14.2 Å². The molecular weight excluding hydrogens is 273 g/mol. The maximum atomic E-state index is 13.4. The Balaban J connectivity index is 2.65. The van der Waals surface area contributed by atoms with Crippen molar-refractivity contribution in [1.82, 2.24) is 0 Å². The highest BCUT2D eigenvalue weighted by Crippen LogP contribution is 2.22. The van der Waals surface area contributed by atoms with Crippen molar-refractivity contribution in [3.05, 3.63) is 35.1 Å². The van der Waals surface area contributed by atoms with E-state index in [2.05, 4.69) is 0 Å². The van der Waals surface area contributed by atoms with Gasteiger partial charge in [-0.3, -0.25) is 0 Å². The van der Waals surface area contributed by atoms with Gasteiger partial charge in [0, 0.05) is 20.3 Å². The first-order valence-electron chi connectivity index (χ1n) is 6.21. The zero-order valence-electron chi connectivity index (χ0n) is 11.4. The molecule has 0 aliphatic carbocycles. The minimum Gasteiger partial charge on any atom is -0.398 e. The monoisotopic (exact) mass is 292 g/mol. The Morgan fingerprint density at radius 1 is 1.00 bits per heavy atom. The van der Waals surface area contributed by atoms with Crippen LogP contribution in [0.3, 0.4) is 0 Å². The summed E-state index contributed by atoms with van der Waals surface area (Å²) < 4.78 is 50.1. The summed E-state index contributed by atoms with van der Waals surface area (Å²) in [5, 5.41) is 0. The van der Waals surface area contributed by atoms with Crippen LogP contribution >= 0.6 is 0 Å². The summed E-state index contributed by atoms with van der Waals surface area (Å²) in [6.07, 6.45) is 0.953. The summed E-state index contributed by atoms with van der Waals surface area (Å²) in [6, 6.07) is 2.98. The first-order valence-corrected chi connectivity index (χ1v) is 8.44. The first kappa shape index (κ1) is 16.2. The molecule has 19 heavy (non-hydrogen) atoms. The Morgan fingerprint density at radius 3 is 2.11 bits per heavy atom. The van der Waals surface area contributed by atoms with Crippen molar-refractivity contribution in [2.75, 3.05) is 14.2 Å². The number of aryl methyl sites for hydroxylation is 1. The zero-order valence-corrected chi connectivity index (χ0v) is 12.4. The number of hydrogen-bond acceptors (Lipinski definition) is 2. The summed E-state index contributed by atoms with van der Waals surface area (Å²) in [5.74, 6) is -2.89. The second-order valence-corrected chi connectivity index (χ2v) is 8.23. The van der Waals surface area contributed by atoms with E-state index < -0.39 is 26.0 Å². The molecule has 0 radical (unpaired) electrons. The lowest BCUT2D eigenvalue weighted by molar-refractivity contribution is 0.242. The number of hydrogen-bond donors (Lipinski definition) is 0. The minimum absolute atomic E-state index is 0.185. The van der Waals surface area contributed by atoms with Crippen LogP contribution in [0.15, 0.2) is 12.1 Å². The highest BCUT2D eigenvalue weighted by atomic mass is 28.4. The van der Waals surface area contributed by atoms with Crippen LogP contribution in [-0.2, 0) is 15.3 Å². The van der Waals surface area contributed by atoms with Crippen LogP contribution in [0, 0.1) is 17.5 Å². The maximum absolute atomic E-state index is 13.4. The molecule has 2 nitrogen and oxygen atoms in total. The molecule has 1 aromatic carbocycles. The van der Waals surface area contributed by atoms with Crippen LogP contribution in [0.2, 0.25) is 12.1 Å². The number of rotatable bonds is 7. The highest BCUT2D eigenvalue weighted by Gasteiger charge is 2.32. The van der Waals surface area contributed by atoms with Gasteiger partial charge >= 0.3 is 8.56 Å². The third-order valence-electron chi connectivity index (χ3n) is 3.38. The quantitative estimate of drug-likeness (QED) is 0.562. The molecule has 1 rings (SSSR count). The van der Waals surface area contributed by atoms with E-state index in [-0.39, 0.29) is 5.56 Å². The average Bonchev–Trinajstić information content (AvgIpc) is 2.41. The van der Waals surface area contributed by atoms with Crippen molar-refractivity contribution in [1.29, 1.82) is 0 Å². The van der Waals surface area contributed by atoms with Crippen molar-refractivity contribution in [2.24, 2.45) is 0 Å². The van der Waals surface area contributed by atoms with Gasteiger partial charge in [0.05, 0.1) is 0 Å². The van der Waals surface area contributed by atoms with Crippen molar-refractivity contribution in [2.45, 2.75) is 31.9 Å². The van der Waals surface area contributed by atoms with Crippen molar-refractivity contribution in [3.8, 4) is 0 Å². The molecule has 0 aliphatic heterocycles. The summed E-state index contributed by atoms with van der Waals surface area (Å²) >= 11 is 0. The zero-order chi connectivity index (χ0) is 14.5. The Bertz CT molecular complexity index is 414. The van der Waals surface area contributed by atoms with E-state index in [0.29, 0.717) is 25.0 Å². The van der Waals surface area contributed by atoms with Gasteiger partial charge in [-0.1, -0.05) is 6.92 Å². The van der Waals surface area contributed by atoms with Gasteiger partial charge in [-0.25, -0.2) is 13.2 Å². The predicted octanol–water partition coefficient (Wildman–Crippen LogP) is 3.79. The highest BCUT2D eigenvalue weighted by molar-refractivity contribution is 6.67. The molecule has 0 N–H and O–H groups in total. The number of halogens is 3. The van der Waals surface area contributed by atoms with Crippen molar-refractivity contribution in [3.63, 3.8) is 0 Å². The molecule has 0 aromatic heterocycles. The van der Waals surface area contributed by atoms with Crippen molar-refractivity contribution < 1.29 is 22.0 Å². The smallest absolute Gasteiger partial charge is 0.337 e. The van der Waals surface area contributed by atoms with Crippen molar-refractivity contribution >= 4 is 8.56 Å². The fourth-order valence-corrected chi connectivity index (χ4v) is 4.28. The third-order valence-corrected chi connectivity index (χ3v) is 7.06. The van der Waals surface area contributed by atoms with Crippen LogP contribution in [0.25, 0.3) is 0 Å². The van der Waals surface area contributed by atoms with Gasteiger partial charge in [-0.15, -0.1) is 0 Å². The Kier molecular flexibility index (Phi) is 6.03.